The Morgan fingerprint density at radius 3 is 1.84 bits per heavy atom. The van der Waals surface area contributed by atoms with Crippen LogP contribution in [0.3, 0.4) is 0 Å². The van der Waals surface area contributed by atoms with Crippen molar-refractivity contribution in [2.75, 3.05) is 0 Å². The van der Waals surface area contributed by atoms with Crippen LogP contribution in [0.5, 0.6) is 0 Å². The molecular weight excluding hydrogens is 607 g/mol. The summed E-state index contributed by atoms with van der Waals surface area (Å²) in [5.74, 6) is 0. The largest absolute Gasteiger partial charge is 0.361 e. The Bertz CT molecular complexity index is 2770. The molecule has 0 fully saturated rings. The Morgan fingerprint density at radius 2 is 1.06 bits per heavy atom. The molecule has 236 valence electrons. The molecule has 1 N–H and O–H groups in total. The van der Waals surface area contributed by atoms with E-state index in [2.05, 4.69) is 203 Å². The normalized spacial score (nSPS) is 14.6. The molecule has 0 saturated heterocycles. The van der Waals surface area contributed by atoms with E-state index in [-0.39, 0.29) is 6.17 Å². The molecule has 0 bridgehead atoms. The van der Waals surface area contributed by atoms with Crippen molar-refractivity contribution in [2.45, 2.75) is 6.17 Å². The highest BCUT2D eigenvalue weighted by Gasteiger charge is 2.24. The van der Waals surface area contributed by atoms with E-state index in [1.165, 1.54) is 71.4 Å². The van der Waals surface area contributed by atoms with Crippen LogP contribution in [0.15, 0.2) is 188 Å². The van der Waals surface area contributed by atoms with Gasteiger partial charge in [-0.25, -0.2) is 0 Å². The van der Waals surface area contributed by atoms with E-state index < -0.39 is 0 Å². The molecule has 0 radical (unpaired) electrons. The highest BCUT2D eigenvalue weighted by atomic mass is 15.2. The van der Waals surface area contributed by atoms with Gasteiger partial charge < -0.3 is 14.5 Å². The predicted molar refractivity (Wildman–Crippen MR) is 210 cm³/mol. The molecular formula is C47H33N3. The zero-order valence-electron chi connectivity index (χ0n) is 27.4. The summed E-state index contributed by atoms with van der Waals surface area (Å²) < 4.78 is 4.88. The summed E-state index contributed by atoms with van der Waals surface area (Å²) in [4.78, 5) is 0. The third-order valence-corrected chi connectivity index (χ3v) is 10.1. The van der Waals surface area contributed by atoms with Gasteiger partial charge in [-0.15, -0.1) is 0 Å². The van der Waals surface area contributed by atoms with Gasteiger partial charge in [0.05, 0.1) is 22.1 Å². The van der Waals surface area contributed by atoms with Crippen LogP contribution in [0.2, 0.25) is 0 Å². The number of hydrogen-bond donors (Lipinski definition) is 1. The van der Waals surface area contributed by atoms with E-state index in [4.69, 9.17) is 0 Å². The van der Waals surface area contributed by atoms with Crippen molar-refractivity contribution in [3.8, 4) is 16.8 Å². The number of nitrogens with one attached hydrogen (secondary N) is 1. The molecule has 50 heavy (non-hydrogen) atoms. The van der Waals surface area contributed by atoms with Crippen molar-refractivity contribution in [1.82, 2.24) is 14.5 Å². The second kappa shape index (κ2) is 11.5. The van der Waals surface area contributed by atoms with Crippen molar-refractivity contribution in [1.29, 1.82) is 0 Å². The van der Waals surface area contributed by atoms with Crippen molar-refractivity contribution in [3.63, 3.8) is 0 Å². The molecule has 9 aromatic rings. The molecule has 0 saturated carbocycles. The zero-order chi connectivity index (χ0) is 33.0. The minimum absolute atomic E-state index is 0.105. The van der Waals surface area contributed by atoms with E-state index >= 15 is 0 Å². The maximum Gasteiger partial charge on any atom is 0.124 e. The molecule has 2 aromatic heterocycles. The van der Waals surface area contributed by atoms with Crippen LogP contribution in [0.25, 0.3) is 71.7 Å². The van der Waals surface area contributed by atoms with Gasteiger partial charge in [-0.3, -0.25) is 0 Å². The van der Waals surface area contributed by atoms with E-state index in [0.29, 0.717) is 0 Å². The number of dihydropyridines is 1. The van der Waals surface area contributed by atoms with Crippen LogP contribution in [-0.4, -0.2) is 9.13 Å². The summed E-state index contributed by atoms with van der Waals surface area (Å²) >= 11 is 0. The summed E-state index contributed by atoms with van der Waals surface area (Å²) in [6.07, 6.45) is 4.54. The third kappa shape index (κ3) is 4.52. The Balaban J connectivity index is 1.20. The molecule has 0 amide bonds. The van der Waals surface area contributed by atoms with Gasteiger partial charge in [0.1, 0.15) is 6.17 Å². The molecule has 1 unspecified atom stereocenters. The fraction of sp³-hybridized carbons (Fsp3) is 0.0213. The number of para-hydroxylation sites is 3. The number of rotatable bonds is 5. The Kier molecular flexibility index (Phi) is 6.56. The molecule has 0 spiro atoms. The topological polar surface area (TPSA) is 21.9 Å². The maximum atomic E-state index is 3.92. The molecule has 1 aliphatic rings. The van der Waals surface area contributed by atoms with Crippen LogP contribution in [-0.2, 0) is 0 Å². The van der Waals surface area contributed by atoms with E-state index in [9.17, 15) is 0 Å². The molecule has 3 heteroatoms. The highest BCUT2D eigenvalue weighted by Crippen LogP contribution is 2.42. The number of benzene rings is 7. The molecule has 1 aliphatic heterocycles. The first-order chi connectivity index (χ1) is 24.8. The highest BCUT2D eigenvalue weighted by molar-refractivity contribution is 6.16. The summed E-state index contributed by atoms with van der Waals surface area (Å²) in [6.45, 7) is 0. The summed E-state index contributed by atoms with van der Waals surface area (Å²) in [7, 11) is 0. The number of allylic oxidation sites excluding steroid dienone is 2. The lowest BCUT2D eigenvalue weighted by Crippen LogP contribution is -2.26. The summed E-state index contributed by atoms with van der Waals surface area (Å²) in [5, 5.41) is 8.95. The SMILES string of the molecule is C1=C(c2ccccc2)C=C(c2ccccc2)NC1n1c2ccccc2c2c(-c3ccc4c5ccccc5n(-c5ccccc5)c4c3)cccc21. The van der Waals surface area contributed by atoms with Gasteiger partial charge in [0, 0.05) is 32.9 Å². The van der Waals surface area contributed by atoms with Crippen LogP contribution in [0.1, 0.15) is 17.3 Å². The van der Waals surface area contributed by atoms with E-state index in [1.807, 2.05) is 0 Å². The van der Waals surface area contributed by atoms with Crippen LogP contribution >= 0.6 is 0 Å². The first-order valence-electron chi connectivity index (χ1n) is 17.2. The lowest BCUT2D eigenvalue weighted by atomic mass is 9.98. The van der Waals surface area contributed by atoms with Gasteiger partial charge in [0.25, 0.3) is 0 Å². The first-order valence-corrected chi connectivity index (χ1v) is 17.2. The quantitative estimate of drug-likeness (QED) is 0.199. The van der Waals surface area contributed by atoms with Gasteiger partial charge in [0.15, 0.2) is 0 Å². The number of nitrogens with zero attached hydrogens (tertiary/aromatic N) is 2. The Hall–Kier alpha value is -6.58. The van der Waals surface area contributed by atoms with Crippen LogP contribution in [0, 0.1) is 0 Å². The predicted octanol–water partition coefficient (Wildman–Crippen LogP) is 11.8. The van der Waals surface area contributed by atoms with Gasteiger partial charge in [-0.1, -0.05) is 140 Å². The maximum absolute atomic E-state index is 3.92. The minimum Gasteiger partial charge on any atom is -0.361 e. The van der Waals surface area contributed by atoms with Crippen molar-refractivity contribution >= 4 is 54.9 Å². The lowest BCUT2D eigenvalue weighted by Gasteiger charge is -2.28. The Labute approximate surface area is 290 Å². The molecule has 10 rings (SSSR count). The molecule has 1 atom stereocenters. The smallest absolute Gasteiger partial charge is 0.124 e. The number of aromatic nitrogens is 2. The van der Waals surface area contributed by atoms with Gasteiger partial charge in [-0.05, 0) is 76.4 Å². The number of fused-ring (bicyclic) bond motifs is 6. The third-order valence-electron chi connectivity index (χ3n) is 10.1. The average molecular weight is 640 g/mol. The number of hydrogen-bond acceptors (Lipinski definition) is 1. The Morgan fingerprint density at radius 1 is 0.440 bits per heavy atom. The first kappa shape index (κ1) is 28.4. The molecule has 3 heterocycles. The summed E-state index contributed by atoms with van der Waals surface area (Å²) in [6, 6.07) is 63.4. The fourth-order valence-corrected chi connectivity index (χ4v) is 7.93. The van der Waals surface area contributed by atoms with Crippen molar-refractivity contribution in [3.05, 3.63) is 199 Å². The molecule has 3 nitrogen and oxygen atoms in total. The second-order valence-electron chi connectivity index (χ2n) is 13.0. The summed E-state index contributed by atoms with van der Waals surface area (Å²) in [5.41, 5.74) is 13.1. The van der Waals surface area contributed by atoms with Crippen molar-refractivity contribution in [2.24, 2.45) is 0 Å². The molecule has 7 aromatic carbocycles. The minimum atomic E-state index is -0.105. The van der Waals surface area contributed by atoms with E-state index in [1.54, 1.807) is 0 Å². The van der Waals surface area contributed by atoms with Gasteiger partial charge in [-0.2, -0.15) is 0 Å². The van der Waals surface area contributed by atoms with Crippen molar-refractivity contribution < 1.29 is 0 Å². The molecule has 0 aliphatic carbocycles. The van der Waals surface area contributed by atoms with Gasteiger partial charge in [0.2, 0.25) is 0 Å². The van der Waals surface area contributed by atoms with Crippen LogP contribution < -0.4 is 5.32 Å². The second-order valence-corrected chi connectivity index (χ2v) is 13.0. The monoisotopic (exact) mass is 639 g/mol. The van der Waals surface area contributed by atoms with E-state index in [0.717, 1.165) is 11.4 Å². The standard InChI is InChI=1S/C47H33N3/c1-4-15-32(16-5-1)35-29-41(33-17-6-2-7-18-33)48-46(31-35)50-43-25-13-11-22-40(43)47-37(23-14-26-44(47)50)34-27-28-39-38-21-10-12-24-42(38)49(45(39)30-34)36-19-8-3-9-20-36/h1-31,46,48H. The lowest BCUT2D eigenvalue weighted by molar-refractivity contribution is 0.591. The van der Waals surface area contributed by atoms with Crippen LogP contribution in [0.4, 0.5) is 0 Å². The fourth-order valence-electron chi connectivity index (χ4n) is 7.93. The van der Waals surface area contributed by atoms with Gasteiger partial charge >= 0.3 is 0 Å². The average Bonchev–Trinajstić information content (AvgIpc) is 3.71. The zero-order valence-corrected chi connectivity index (χ0v) is 27.4.